The van der Waals surface area contributed by atoms with Crippen LogP contribution >= 0.6 is 0 Å². The van der Waals surface area contributed by atoms with Gasteiger partial charge in [0.1, 0.15) is 5.75 Å². The number of amides is 3. The molecule has 1 saturated heterocycles. The number of benzene rings is 2. The first-order valence-electron chi connectivity index (χ1n) is 10.3. The molecule has 0 atom stereocenters. The standard InChI is InChI=1S/C23H28N4O4/c1-4-31-19-11-9-18(10-12-19)26-21(29)16-5-7-17(8-6-16)25-20(28)15-27-14-13-24-22(30)23(27,2)3/h5-12H,4,13-15H2,1-3H3,(H,24,30)(H,25,28)(H,26,29). The van der Waals surface area contributed by atoms with Crippen molar-refractivity contribution in [2.75, 3.05) is 36.9 Å². The quantitative estimate of drug-likeness (QED) is 0.634. The number of carbonyl (C=O) groups excluding carboxylic acids is 3. The van der Waals surface area contributed by atoms with Gasteiger partial charge in [-0.2, -0.15) is 0 Å². The van der Waals surface area contributed by atoms with Gasteiger partial charge in [0.25, 0.3) is 5.91 Å². The predicted octanol–water partition coefficient (Wildman–Crippen LogP) is 2.49. The van der Waals surface area contributed by atoms with Crippen LogP contribution in [0.3, 0.4) is 0 Å². The zero-order valence-corrected chi connectivity index (χ0v) is 18.0. The fourth-order valence-corrected chi connectivity index (χ4v) is 3.30. The Kier molecular flexibility index (Phi) is 6.91. The Hall–Kier alpha value is -3.39. The monoisotopic (exact) mass is 424 g/mol. The van der Waals surface area contributed by atoms with Crippen molar-refractivity contribution >= 4 is 29.1 Å². The first kappa shape index (κ1) is 22.3. The predicted molar refractivity (Wildman–Crippen MR) is 119 cm³/mol. The van der Waals surface area contributed by atoms with E-state index < -0.39 is 5.54 Å². The van der Waals surface area contributed by atoms with Crippen LogP contribution in [0.15, 0.2) is 48.5 Å². The molecule has 2 aromatic carbocycles. The van der Waals surface area contributed by atoms with Crippen molar-refractivity contribution in [3.8, 4) is 5.75 Å². The Morgan fingerprint density at radius 2 is 1.65 bits per heavy atom. The molecule has 0 unspecified atom stereocenters. The molecule has 0 saturated carbocycles. The van der Waals surface area contributed by atoms with Gasteiger partial charge in [0.05, 0.1) is 18.7 Å². The molecular weight excluding hydrogens is 396 g/mol. The fourth-order valence-electron chi connectivity index (χ4n) is 3.30. The Bertz CT molecular complexity index is 939. The van der Waals surface area contributed by atoms with E-state index in [2.05, 4.69) is 16.0 Å². The average molecular weight is 425 g/mol. The van der Waals surface area contributed by atoms with Crippen molar-refractivity contribution in [1.29, 1.82) is 0 Å². The lowest BCUT2D eigenvalue weighted by atomic mass is 9.99. The summed E-state index contributed by atoms with van der Waals surface area (Å²) in [5.41, 5.74) is 0.986. The van der Waals surface area contributed by atoms with E-state index in [1.807, 2.05) is 11.8 Å². The van der Waals surface area contributed by atoms with Crippen LogP contribution in [0.1, 0.15) is 31.1 Å². The van der Waals surface area contributed by atoms with Gasteiger partial charge >= 0.3 is 0 Å². The van der Waals surface area contributed by atoms with Crippen molar-refractivity contribution in [1.82, 2.24) is 10.2 Å². The first-order valence-corrected chi connectivity index (χ1v) is 10.3. The van der Waals surface area contributed by atoms with E-state index in [1.165, 1.54) is 0 Å². The summed E-state index contributed by atoms with van der Waals surface area (Å²) in [5.74, 6) is 0.195. The van der Waals surface area contributed by atoms with Gasteiger partial charge in [-0.3, -0.25) is 19.3 Å². The second-order valence-electron chi connectivity index (χ2n) is 7.77. The van der Waals surface area contributed by atoms with Gasteiger partial charge in [-0.15, -0.1) is 0 Å². The Balaban J connectivity index is 1.55. The number of ether oxygens (including phenoxy) is 1. The Morgan fingerprint density at radius 3 is 2.29 bits per heavy atom. The average Bonchev–Trinajstić information content (AvgIpc) is 2.74. The van der Waals surface area contributed by atoms with Crippen molar-refractivity contribution in [3.63, 3.8) is 0 Å². The normalized spacial score (nSPS) is 15.6. The number of anilines is 2. The molecular formula is C23H28N4O4. The van der Waals surface area contributed by atoms with Gasteiger partial charge in [0.2, 0.25) is 11.8 Å². The van der Waals surface area contributed by atoms with Gasteiger partial charge in [0.15, 0.2) is 0 Å². The highest BCUT2D eigenvalue weighted by molar-refractivity contribution is 6.04. The molecule has 1 heterocycles. The maximum absolute atomic E-state index is 12.4. The number of nitrogens with zero attached hydrogens (tertiary/aromatic N) is 1. The molecule has 0 aromatic heterocycles. The molecule has 3 amide bonds. The van der Waals surface area contributed by atoms with Crippen LogP contribution in [0, 0.1) is 0 Å². The van der Waals surface area contributed by atoms with Crippen molar-refractivity contribution in [2.24, 2.45) is 0 Å². The zero-order valence-electron chi connectivity index (χ0n) is 18.0. The Labute approximate surface area is 182 Å². The summed E-state index contributed by atoms with van der Waals surface area (Å²) in [5, 5.41) is 8.46. The third-order valence-electron chi connectivity index (χ3n) is 5.20. The van der Waals surface area contributed by atoms with Crippen LogP contribution in [0.4, 0.5) is 11.4 Å². The highest BCUT2D eigenvalue weighted by Gasteiger charge is 2.38. The Morgan fingerprint density at radius 1 is 1.03 bits per heavy atom. The zero-order chi connectivity index (χ0) is 22.4. The minimum atomic E-state index is -0.738. The van der Waals surface area contributed by atoms with E-state index in [0.717, 1.165) is 5.75 Å². The van der Waals surface area contributed by atoms with Gasteiger partial charge in [-0.25, -0.2) is 0 Å². The van der Waals surface area contributed by atoms with Gasteiger partial charge < -0.3 is 20.7 Å². The lowest BCUT2D eigenvalue weighted by molar-refractivity contribution is -0.136. The summed E-state index contributed by atoms with van der Waals surface area (Å²) in [7, 11) is 0. The second-order valence-corrected chi connectivity index (χ2v) is 7.77. The third-order valence-corrected chi connectivity index (χ3v) is 5.20. The summed E-state index contributed by atoms with van der Waals surface area (Å²) < 4.78 is 5.39. The van der Waals surface area contributed by atoms with Crippen molar-refractivity contribution in [3.05, 3.63) is 54.1 Å². The molecule has 2 aromatic rings. The number of nitrogens with one attached hydrogen (secondary N) is 3. The fraction of sp³-hybridized carbons (Fsp3) is 0.348. The van der Waals surface area contributed by atoms with Crippen LogP contribution < -0.4 is 20.7 Å². The maximum Gasteiger partial charge on any atom is 0.255 e. The summed E-state index contributed by atoms with van der Waals surface area (Å²) in [6.07, 6.45) is 0. The summed E-state index contributed by atoms with van der Waals surface area (Å²) in [4.78, 5) is 38.7. The molecule has 0 bridgehead atoms. The van der Waals surface area contributed by atoms with E-state index in [0.29, 0.717) is 36.6 Å². The topological polar surface area (TPSA) is 99.8 Å². The van der Waals surface area contributed by atoms with E-state index in [9.17, 15) is 14.4 Å². The lowest BCUT2D eigenvalue weighted by Gasteiger charge is -2.40. The molecule has 3 N–H and O–H groups in total. The van der Waals surface area contributed by atoms with E-state index >= 15 is 0 Å². The van der Waals surface area contributed by atoms with Crippen LogP contribution in [0.5, 0.6) is 5.75 Å². The molecule has 164 valence electrons. The molecule has 0 spiro atoms. The number of hydrogen-bond acceptors (Lipinski definition) is 5. The summed E-state index contributed by atoms with van der Waals surface area (Å²) in [6, 6.07) is 13.8. The van der Waals surface area contributed by atoms with Gasteiger partial charge in [-0.1, -0.05) is 0 Å². The van der Waals surface area contributed by atoms with E-state index in [-0.39, 0.29) is 24.3 Å². The van der Waals surface area contributed by atoms with Crippen molar-refractivity contribution < 1.29 is 19.1 Å². The molecule has 3 rings (SSSR count). The third kappa shape index (κ3) is 5.61. The van der Waals surface area contributed by atoms with Gasteiger partial charge in [0, 0.05) is 30.0 Å². The molecule has 0 aliphatic carbocycles. The molecule has 8 heteroatoms. The smallest absolute Gasteiger partial charge is 0.255 e. The molecule has 31 heavy (non-hydrogen) atoms. The van der Waals surface area contributed by atoms with Crippen LogP contribution in [-0.2, 0) is 9.59 Å². The number of carbonyl (C=O) groups is 3. The molecule has 8 nitrogen and oxygen atoms in total. The summed E-state index contributed by atoms with van der Waals surface area (Å²) in [6.45, 7) is 7.33. The van der Waals surface area contributed by atoms with E-state index in [4.69, 9.17) is 4.74 Å². The first-order chi connectivity index (χ1) is 14.8. The number of piperazine rings is 1. The largest absolute Gasteiger partial charge is 0.494 e. The van der Waals surface area contributed by atoms with Crippen LogP contribution in [0.2, 0.25) is 0 Å². The minimum Gasteiger partial charge on any atom is -0.494 e. The van der Waals surface area contributed by atoms with Crippen molar-refractivity contribution in [2.45, 2.75) is 26.3 Å². The van der Waals surface area contributed by atoms with Crippen LogP contribution in [-0.4, -0.2) is 54.4 Å². The molecule has 1 fully saturated rings. The SMILES string of the molecule is CCOc1ccc(NC(=O)c2ccc(NC(=O)CN3CCNC(=O)C3(C)C)cc2)cc1. The minimum absolute atomic E-state index is 0.0885. The summed E-state index contributed by atoms with van der Waals surface area (Å²) >= 11 is 0. The second kappa shape index (κ2) is 9.61. The molecule has 0 radical (unpaired) electrons. The lowest BCUT2D eigenvalue weighted by Crippen LogP contribution is -2.62. The highest BCUT2D eigenvalue weighted by Crippen LogP contribution is 2.19. The number of hydrogen-bond donors (Lipinski definition) is 3. The van der Waals surface area contributed by atoms with Crippen LogP contribution in [0.25, 0.3) is 0 Å². The van der Waals surface area contributed by atoms with Gasteiger partial charge in [-0.05, 0) is 69.3 Å². The van der Waals surface area contributed by atoms with E-state index in [1.54, 1.807) is 62.4 Å². The highest BCUT2D eigenvalue weighted by atomic mass is 16.5. The molecule has 1 aliphatic heterocycles. The number of rotatable bonds is 7. The molecule has 1 aliphatic rings. The maximum atomic E-state index is 12.4.